The van der Waals surface area contributed by atoms with Gasteiger partial charge in [-0.15, -0.1) is 0 Å². The minimum absolute atomic E-state index is 0.131. The van der Waals surface area contributed by atoms with Crippen molar-refractivity contribution in [3.63, 3.8) is 0 Å². The van der Waals surface area contributed by atoms with Crippen molar-refractivity contribution in [1.29, 1.82) is 0 Å². The van der Waals surface area contributed by atoms with Crippen molar-refractivity contribution in [3.05, 3.63) is 54.4 Å². The summed E-state index contributed by atoms with van der Waals surface area (Å²) in [5, 5.41) is 11.9. The van der Waals surface area contributed by atoms with Gasteiger partial charge in [0.15, 0.2) is 5.82 Å². The Morgan fingerprint density at radius 3 is 2.35 bits per heavy atom. The van der Waals surface area contributed by atoms with Crippen LogP contribution in [0.15, 0.2) is 48.5 Å². The van der Waals surface area contributed by atoms with E-state index in [9.17, 15) is 14.4 Å². The van der Waals surface area contributed by atoms with E-state index >= 15 is 0 Å². The number of carbonyl (C=O) groups is 3. The molecule has 2 amide bonds. The van der Waals surface area contributed by atoms with Crippen LogP contribution in [0.2, 0.25) is 0 Å². The first-order valence-corrected chi connectivity index (χ1v) is 9.36. The molecule has 10 nitrogen and oxygen atoms in total. The number of amides is 2. The third-order valence-corrected chi connectivity index (χ3v) is 4.10. The lowest BCUT2D eigenvalue weighted by molar-refractivity contribution is -0.141. The molecule has 1 aromatic heterocycles. The van der Waals surface area contributed by atoms with Gasteiger partial charge in [0, 0.05) is 16.9 Å². The van der Waals surface area contributed by atoms with E-state index in [2.05, 4.69) is 30.6 Å². The Bertz CT molecular complexity index is 1080. The molecule has 0 atom stereocenters. The number of aromatic amines is 1. The summed E-state index contributed by atoms with van der Waals surface area (Å²) in [5.41, 5.74) is 1.56. The maximum absolute atomic E-state index is 12.2. The molecule has 0 saturated carbocycles. The van der Waals surface area contributed by atoms with Crippen LogP contribution in [0.25, 0.3) is 11.4 Å². The molecule has 10 heteroatoms. The minimum atomic E-state index is -0.821. The van der Waals surface area contributed by atoms with Crippen molar-refractivity contribution in [3.8, 4) is 17.1 Å². The van der Waals surface area contributed by atoms with Crippen LogP contribution in [0.5, 0.6) is 5.75 Å². The number of anilines is 2. The zero-order valence-corrected chi connectivity index (χ0v) is 17.0. The van der Waals surface area contributed by atoms with Crippen molar-refractivity contribution in [2.45, 2.75) is 13.3 Å². The van der Waals surface area contributed by atoms with Crippen LogP contribution in [-0.2, 0) is 19.1 Å². The zero-order valence-electron chi connectivity index (χ0n) is 17.0. The third-order valence-electron chi connectivity index (χ3n) is 4.10. The molecule has 0 radical (unpaired) electrons. The highest BCUT2D eigenvalue weighted by molar-refractivity contribution is 6.43. The van der Waals surface area contributed by atoms with Crippen LogP contribution in [0.1, 0.15) is 12.2 Å². The first-order chi connectivity index (χ1) is 14.9. The number of H-pyrrole nitrogens is 1. The van der Waals surface area contributed by atoms with Gasteiger partial charge in [0.25, 0.3) is 0 Å². The number of aryl methyl sites for hydroxylation is 1. The lowest BCUT2D eigenvalue weighted by atomic mass is 10.2. The number of methoxy groups -OCH3 is 1. The lowest BCUT2D eigenvalue weighted by Crippen LogP contribution is -2.29. The summed E-state index contributed by atoms with van der Waals surface area (Å²) in [7, 11) is 1.31. The number of hydrogen-bond donors (Lipinski definition) is 3. The van der Waals surface area contributed by atoms with Gasteiger partial charge in [0.1, 0.15) is 11.6 Å². The van der Waals surface area contributed by atoms with Crippen LogP contribution in [0, 0.1) is 6.92 Å². The summed E-state index contributed by atoms with van der Waals surface area (Å²) in [6.07, 6.45) is 0.131. The molecule has 0 unspecified atom stereocenters. The fraction of sp³-hybridized carbons (Fsp3) is 0.190. The number of ether oxygens (including phenoxy) is 2. The number of rotatable bonds is 7. The number of esters is 1. The molecular formula is C21H21N5O5. The van der Waals surface area contributed by atoms with Gasteiger partial charge < -0.3 is 20.1 Å². The highest BCUT2D eigenvalue weighted by Gasteiger charge is 2.15. The van der Waals surface area contributed by atoms with E-state index in [0.717, 1.165) is 0 Å². The van der Waals surface area contributed by atoms with Crippen molar-refractivity contribution in [2.24, 2.45) is 0 Å². The Morgan fingerprint density at radius 2 is 1.71 bits per heavy atom. The molecular weight excluding hydrogens is 402 g/mol. The maximum atomic E-state index is 12.2. The molecule has 1 heterocycles. The summed E-state index contributed by atoms with van der Waals surface area (Å²) in [5.74, 6) is -0.322. The van der Waals surface area contributed by atoms with E-state index in [4.69, 9.17) is 4.74 Å². The van der Waals surface area contributed by atoms with Crippen LogP contribution in [0.4, 0.5) is 11.4 Å². The fourth-order valence-corrected chi connectivity index (χ4v) is 2.57. The average molecular weight is 423 g/mol. The normalized spacial score (nSPS) is 10.3. The fourth-order valence-electron chi connectivity index (χ4n) is 2.57. The molecule has 0 bridgehead atoms. The molecule has 3 aromatic rings. The molecule has 0 saturated heterocycles. The topological polar surface area (TPSA) is 135 Å². The standard InChI is InChI=1S/C21H21N5O5/c1-13-22-19(26-25-13)14-4-3-5-16(12-14)24-21(29)20(28)23-15-6-8-17(9-7-15)31-11-10-18(27)30-2/h3-9,12H,10-11H2,1-2H3,(H,23,28)(H,24,29)(H,22,25,26). The van der Waals surface area contributed by atoms with E-state index in [1.54, 1.807) is 55.5 Å². The predicted octanol–water partition coefficient (Wildman–Crippen LogP) is 2.30. The van der Waals surface area contributed by atoms with Gasteiger partial charge in [-0.25, -0.2) is 4.98 Å². The van der Waals surface area contributed by atoms with E-state index in [-0.39, 0.29) is 19.0 Å². The minimum Gasteiger partial charge on any atom is -0.493 e. The summed E-state index contributed by atoms with van der Waals surface area (Å²) in [6.45, 7) is 1.96. The molecule has 160 valence electrons. The molecule has 0 fully saturated rings. The van der Waals surface area contributed by atoms with Gasteiger partial charge in [0.05, 0.1) is 20.1 Å². The van der Waals surface area contributed by atoms with Crippen LogP contribution in [0.3, 0.4) is 0 Å². The van der Waals surface area contributed by atoms with Crippen molar-refractivity contribution in [1.82, 2.24) is 15.2 Å². The van der Waals surface area contributed by atoms with Crippen LogP contribution in [-0.4, -0.2) is 46.7 Å². The highest BCUT2D eigenvalue weighted by atomic mass is 16.5. The summed E-state index contributed by atoms with van der Waals surface area (Å²) >= 11 is 0. The molecule has 3 rings (SSSR count). The van der Waals surface area contributed by atoms with Crippen LogP contribution >= 0.6 is 0 Å². The SMILES string of the molecule is COC(=O)CCOc1ccc(NC(=O)C(=O)Nc2cccc(-c3n[nH]c(C)n3)c2)cc1. The number of benzene rings is 2. The summed E-state index contributed by atoms with van der Waals surface area (Å²) in [4.78, 5) is 39.8. The Labute approximate surface area is 178 Å². The predicted molar refractivity (Wildman–Crippen MR) is 112 cm³/mol. The van der Waals surface area contributed by atoms with E-state index in [1.165, 1.54) is 7.11 Å². The highest BCUT2D eigenvalue weighted by Crippen LogP contribution is 2.20. The molecule has 2 aromatic carbocycles. The van der Waals surface area contributed by atoms with Gasteiger partial charge in [-0.1, -0.05) is 12.1 Å². The van der Waals surface area contributed by atoms with Gasteiger partial charge in [-0.2, -0.15) is 5.10 Å². The quantitative estimate of drug-likeness (QED) is 0.392. The Hall–Kier alpha value is -4.21. The molecule has 0 aliphatic carbocycles. The van der Waals surface area contributed by atoms with E-state index in [1.807, 2.05) is 0 Å². The lowest BCUT2D eigenvalue weighted by Gasteiger charge is -2.09. The Morgan fingerprint density at radius 1 is 1.00 bits per heavy atom. The number of hydrogen-bond acceptors (Lipinski definition) is 7. The second kappa shape index (κ2) is 10.0. The van der Waals surface area contributed by atoms with E-state index < -0.39 is 11.8 Å². The largest absolute Gasteiger partial charge is 0.493 e. The summed E-state index contributed by atoms with van der Waals surface area (Å²) in [6, 6.07) is 13.3. The maximum Gasteiger partial charge on any atom is 0.314 e. The first-order valence-electron chi connectivity index (χ1n) is 9.36. The number of carbonyl (C=O) groups excluding carboxylic acids is 3. The van der Waals surface area contributed by atoms with Gasteiger partial charge >= 0.3 is 17.8 Å². The van der Waals surface area contributed by atoms with Gasteiger partial charge in [0.2, 0.25) is 0 Å². The van der Waals surface area contributed by atoms with Crippen molar-refractivity contribution in [2.75, 3.05) is 24.4 Å². The monoisotopic (exact) mass is 423 g/mol. The second-order valence-corrected chi connectivity index (χ2v) is 6.43. The second-order valence-electron chi connectivity index (χ2n) is 6.43. The number of aromatic nitrogens is 3. The smallest absolute Gasteiger partial charge is 0.314 e. The van der Waals surface area contributed by atoms with Crippen LogP contribution < -0.4 is 15.4 Å². The van der Waals surface area contributed by atoms with Crippen molar-refractivity contribution < 1.29 is 23.9 Å². The zero-order chi connectivity index (χ0) is 22.2. The molecule has 3 N–H and O–H groups in total. The molecule has 31 heavy (non-hydrogen) atoms. The van der Waals surface area contributed by atoms with E-state index in [0.29, 0.717) is 34.3 Å². The summed E-state index contributed by atoms with van der Waals surface area (Å²) < 4.78 is 9.94. The van der Waals surface area contributed by atoms with Crippen molar-refractivity contribution >= 4 is 29.2 Å². The first kappa shape index (κ1) is 21.5. The Balaban J connectivity index is 1.54. The Kier molecular flexibility index (Phi) is 6.94. The van der Waals surface area contributed by atoms with Gasteiger partial charge in [-0.05, 0) is 43.3 Å². The number of nitrogens with one attached hydrogen (secondary N) is 3. The average Bonchev–Trinajstić information content (AvgIpc) is 3.21. The van der Waals surface area contributed by atoms with Gasteiger partial charge in [-0.3, -0.25) is 19.5 Å². The molecule has 0 spiro atoms. The number of nitrogens with zero attached hydrogens (tertiary/aromatic N) is 2. The molecule has 0 aliphatic heterocycles. The molecule has 0 aliphatic rings. The third kappa shape index (κ3) is 6.13.